The van der Waals surface area contributed by atoms with Crippen molar-refractivity contribution in [3.8, 4) is 5.75 Å². The van der Waals surface area contributed by atoms with Crippen molar-refractivity contribution in [3.05, 3.63) is 65.2 Å². The fourth-order valence-corrected chi connectivity index (χ4v) is 3.35. The van der Waals surface area contributed by atoms with Gasteiger partial charge in [0.15, 0.2) is 0 Å². The molecular weight excluding hydrogens is 298 g/mol. The molecule has 1 aliphatic rings. The van der Waals surface area contributed by atoms with Gasteiger partial charge in [0.05, 0.1) is 19.1 Å². The molecular formula is C21H25NO2. The topological polar surface area (TPSA) is 29.5 Å². The summed E-state index contributed by atoms with van der Waals surface area (Å²) < 4.78 is 5.45. The highest BCUT2D eigenvalue weighted by Crippen LogP contribution is 2.32. The molecule has 0 bridgehead atoms. The van der Waals surface area contributed by atoms with E-state index in [9.17, 15) is 4.79 Å². The maximum Gasteiger partial charge on any atom is 0.227 e. The monoisotopic (exact) mass is 323 g/mol. The second-order valence-electron chi connectivity index (χ2n) is 6.41. The third-order valence-corrected chi connectivity index (χ3v) is 4.62. The summed E-state index contributed by atoms with van der Waals surface area (Å²) in [4.78, 5) is 14.8. The number of benzene rings is 2. The Balaban J connectivity index is 1.68. The van der Waals surface area contributed by atoms with Crippen LogP contribution in [0.5, 0.6) is 5.75 Å². The van der Waals surface area contributed by atoms with Crippen LogP contribution in [0, 0.1) is 6.92 Å². The smallest absolute Gasteiger partial charge is 0.227 e. The Hall–Kier alpha value is -2.29. The summed E-state index contributed by atoms with van der Waals surface area (Å²) in [6.45, 7) is 5.57. The van der Waals surface area contributed by atoms with Crippen molar-refractivity contribution in [2.24, 2.45) is 0 Å². The van der Waals surface area contributed by atoms with Crippen LogP contribution in [0.3, 0.4) is 0 Å². The quantitative estimate of drug-likeness (QED) is 0.821. The number of nitrogens with zero attached hydrogens (tertiary/aromatic N) is 1. The van der Waals surface area contributed by atoms with Crippen LogP contribution in [0.15, 0.2) is 48.5 Å². The first-order valence-electron chi connectivity index (χ1n) is 8.75. The van der Waals surface area contributed by atoms with Crippen molar-refractivity contribution < 1.29 is 9.53 Å². The van der Waals surface area contributed by atoms with Crippen LogP contribution in [0.1, 0.15) is 42.5 Å². The number of aryl methyl sites for hydroxylation is 1. The van der Waals surface area contributed by atoms with Crippen LogP contribution < -0.4 is 4.74 Å². The van der Waals surface area contributed by atoms with Gasteiger partial charge < -0.3 is 9.64 Å². The third-order valence-electron chi connectivity index (χ3n) is 4.62. The zero-order chi connectivity index (χ0) is 16.9. The molecule has 0 aliphatic carbocycles. The van der Waals surface area contributed by atoms with E-state index >= 15 is 0 Å². The summed E-state index contributed by atoms with van der Waals surface area (Å²) >= 11 is 0. The van der Waals surface area contributed by atoms with Crippen molar-refractivity contribution in [1.82, 2.24) is 4.90 Å². The van der Waals surface area contributed by atoms with Gasteiger partial charge in [-0.05, 0) is 49.9 Å². The standard InChI is InChI=1S/C21H25NO2/c1-3-24-19-12-8-17(9-13-19)15-21(23)22-14-4-5-20(22)18-10-6-16(2)7-11-18/h6-13,20H,3-5,14-15H2,1-2H3/t20-/m1/s1. The summed E-state index contributed by atoms with van der Waals surface area (Å²) in [7, 11) is 0. The molecule has 3 rings (SSSR count). The lowest BCUT2D eigenvalue weighted by atomic mass is 10.0. The molecule has 126 valence electrons. The Kier molecular flexibility index (Phi) is 5.19. The maximum absolute atomic E-state index is 12.8. The van der Waals surface area contributed by atoms with Crippen molar-refractivity contribution >= 4 is 5.91 Å². The average molecular weight is 323 g/mol. The molecule has 1 aliphatic heterocycles. The molecule has 3 nitrogen and oxygen atoms in total. The van der Waals surface area contributed by atoms with Crippen LogP contribution >= 0.6 is 0 Å². The van der Waals surface area contributed by atoms with E-state index in [4.69, 9.17) is 4.74 Å². The lowest BCUT2D eigenvalue weighted by Crippen LogP contribution is -2.31. The largest absolute Gasteiger partial charge is 0.494 e. The first-order chi connectivity index (χ1) is 11.7. The predicted octanol–water partition coefficient (Wildman–Crippen LogP) is 4.30. The Morgan fingerprint density at radius 3 is 2.50 bits per heavy atom. The minimum atomic E-state index is 0.210. The molecule has 1 heterocycles. The summed E-state index contributed by atoms with van der Waals surface area (Å²) in [6, 6.07) is 16.6. The molecule has 3 heteroatoms. The van der Waals surface area contributed by atoms with Gasteiger partial charge in [0.2, 0.25) is 5.91 Å². The second kappa shape index (κ2) is 7.52. The third kappa shape index (κ3) is 3.78. The highest BCUT2D eigenvalue weighted by atomic mass is 16.5. The van der Waals surface area contributed by atoms with Crippen molar-refractivity contribution in [1.29, 1.82) is 0 Å². The molecule has 1 amide bonds. The average Bonchev–Trinajstić information content (AvgIpc) is 3.07. The molecule has 0 N–H and O–H groups in total. The van der Waals surface area contributed by atoms with Crippen LogP contribution in [0.4, 0.5) is 0 Å². The lowest BCUT2D eigenvalue weighted by Gasteiger charge is -2.25. The number of carbonyl (C=O) groups is 1. The van der Waals surface area contributed by atoms with Gasteiger partial charge in [0.1, 0.15) is 5.75 Å². The molecule has 2 aromatic carbocycles. The number of rotatable bonds is 5. The minimum absolute atomic E-state index is 0.210. The van der Waals surface area contributed by atoms with Crippen LogP contribution in [0.2, 0.25) is 0 Å². The van der Waals surface area contributed by atoms with E-state index in [1.807, 2.05) is 36.1 Å². The Labute approximate surface area is 144 Å². The number of likely N-dealkylation sites (tertiary alicyclic amines) is 1. The molecule has 0 radical (unpaired) electrons. The van der Waals surface area contributed by atoms with Gasteiger partial charge in [0.25, 0.3) is 0 Å². The zero-order valence-electron chi connectivity index (χ0n) is 14.5. The number of ether oxygens (including phenoxy) is 1. The Morgan fingerprint density at radius 2 is 1.83 bits per heavy atom. The molecule has 1 saturated heterocycles. The van der Waals surface area contributed by atoms with Crippen LogP contribution in [-0.4, -0.2) is 24.0 Å². The van der Waals surface area contributed by atoms with E-state index in [1.54, 1.807) is 0 Å². The molecule has 1 fully saturated rings. The van der Waals surface area contributed by atoms with Crippen molar-refractivity contribution in [3.63, 3.8) is 0 Å². The molecule has 0 saturated carbocycles. The SMILES string of the molecule is CCOc1ccc(CC(=O)N2CCC[C@@H]2c2ccc(C)cc2)cc1. The first kappa shape index (κ1) is 16.6. The van der Waals surface area contributed by atoms with Gasteiger partial charge in [-0.15, -0.1) is 0 Å². The van der Waals surface area contributed by atoms with Gasteiger partial charge in [-0.25, -0.2) is 0 Å². The van der Waals surface area contributed by atoms with E-state index in [0.29, 0.717) is 13.0 Å². The molecule has 0 unspecified atom stereocenters. The van der Waals surface area contributed by atoms with E-state index in [0.717, 1.165) is 30.7 Å². The summed E-state index contributed by atoms with van der Waals surface area (Å²) in [6.07, 6.45) is 2.58. The van der Waals surface area contributed by atoms with E-state index in [-0.39, 0.29) is 11.9 Å². The van der Waals surface area contributed by atoms with Gasteiger partial charge >= 0.3 is 0 Å². The fraction of sp³-hybridized carbons (Fsp3) is 0.381. The Bertz CT molecular complexity index is 676. The summed E-state index contributed by atoms with van der Waals surface area (Å²) in [5, 5.41) is 0. The normalized spacial score (nSPS) is 17.1. The van der Waals surface area contributed by atoms with Gasteiger partial charge in [-0.2, -0.15) is 0 Å². The highest BCUT2D eigenvalue weighted by Gasteiger charge is 2.29. The van der Waals surface area contributed by atoms with E-state index in [1.165, 1.54) is 11.1 Å². The van der Waals surface area contributed by atoms with Crippen LogP contribution in [0.25, 0.3) is 0 Å². The Morgan fingerprint density at radius 1 is 1.12 bits per heavy atom. The van der Waals surface area contributed by atoms with Gasteiger partial charge in [-0.1, -0.05) is 42.0 Å². The molecule has 0 aromatic heterocycles. The molecule has 2 aromatic rings. The van der Waals surface area contributed by atoms with Crippen molar-refractivity contribution in [2.45, 2.75) is 39.2 Å². The van der Waals surface area contributed by atoms with Crippen LogP contribution in [-0.2, 0) is 11.2 Å². The van der Waals surface area contributed by atoms with Gasteiger partial charge in [-0.3, -0.25) is 4.79 Å². The summed E-state index contributed by atoms with van der Waals surface area (Å²) in [5.41, 5.74) is 3.54. The number of carbonyl (C=O) groups excluding carboxylic acids is 1. The molecule has 24 heavy (non-hydrogen) atoms. The fourth-order valence-electron chi connectivity index (χ4n) is 3.35. The number of hydrogen-bond acceptors (Lipinski definition) is 2. The van der Waals surface area contributed by atoms with Crippen molar-refractivity contribution in [2.75, 3.05) is 13.2 Å². The van der Waals surface area contributed by atoms with Gasteiger partial charge in [0, 0.05) is 6.54 Å². The minimum Gasteiger partial charge on any atom is -0.494 e. The second-order valence-corrected chi connectivity index (χ2v) is 6.41. The zero-order valence-corrected chi connectivity index (χ0v) is 14.5. The highest BCUT2D eigenvalue weighted by molar-refractivity contribution is 5.79. The molecule has 0 spiro atoms. The molecule has 1 atom stereocenters. The van der Waals surface area contributed by atoms with E-state index < -0.39 is 0 Å². The lowest BCUT2D eigenvalue weighted by molar-refractivity contribution is -0.131. The summed E-state index contributed by atoms with van der Waals surface area (Å²) in [5.74, 6) is 1.06. The number of hydrogen-bond donors (Lipinski definition) is 0. The predicted molar refractivity (Wildman–Crippen MR) is 96.2 cm³/mol. The number of amides is 1. The maximum atomic E-state index is 12.8. The van der Waals surface area contributed by atoms with E-state index in [2.05, 4.69) is 31.2 Å². The first-order valence-corrected chi connectivity index (χ1v) is 8.75.